The highest BCUT2D eigenvalue weighted by Crippen LogP contribution is 2.40. The van der Waals surface area contributed by atoms with E-state index in [-0.39, 0.29) is 21.6 Å². The van der Waals surface area contributed by atoms with Gasteiger partial charge < -0.3 is 15.0 Å². The van der Waals surface area contributed by atoms with Gasteiger partial charge in [0.05, 0.1) is 34.1 Å². The van der Waals surface area contributed by atoms with E-state index in [0.717, 1.165) is 56.5 Å². The van der Waals surface area contributed by atoms with Gasteiger partial charge in [-0.2, -0.15) is 13.2 Å². The number of carbonyl (C=O) groups excluding carboxylic acids is 1. The molecule has 1 aliphatic carbocycles. The highest BCUT2D eigenvalue weighted by atomic mass is 32.1. The van der Waals surface area contributed by atoms with E-state index in [1.807, 2.05) is 4.90 Å². The van der Waals surface area contributed by atoms with Gasteiger partial charge in [0.2, 0.25) is 0 Å². The molecule has 10 heteroatoms. The standard InChI is InChI=1S/C21H27F3N4O2S/c1-13(11-30-14-3-4-14)10-27-5-7-28(8-6-27)17-9-16(21(22,23)24)19-18(26-17)15(12-31-19)20(29)25-2/h9,12-14H,3-8,10-11H2,1-2H3,(H,25,29). The normalized spacial score (nSPS) is 19.1. The van der Waals surface area contributed by atoms with Crippen LogP contribution in [-0.2, 0) is 10.9 Å². The van der Waals surface area contributed by atoms with Crippen molar-refractivity contribution in [2.45, 2.75) is 32.0 Å². The number of aromatic nitrogens is 1. The monoisotopic (exact) mass is 456 g/mol. The number of hydrogen-bond donors (Lipinski definition) is 1. The molecule has 3 heterocycles. The lowest BCUT2D eigenvalue weighted by molar-refractivity contribution is -0.136. The highest BCUT2D eigenvalue weighted by molar-refractivity contribution is 7.17. The molecule has 1 saturated heterocycles. The van der Waals surface area contributed by atoms with Gasteiger partial charge in [0.1, 0.15) is 5.82 Å². The molecule has 1 aliphatic heterocycles. The van der Waals surface area contributed by atoms with Gasteiger partial charge in [-0.25, -0.2) is 4.98 Å². The Kier molecular flexibility index (Phi) is 6.41. The van der Waals surface area contributed by atoms with Gasteiger partial charge in [-0.15, -0.1) is 11.3 Å². The van der Waals surface area contributed by atoms with Crippen LogP contribution >= 0.6 is 11.3 Å². The molecule has 2 aromatic rings. The second-order valence-electron chi connectivity index (χ2n) is 8.36. The molecular weight excluding hydrogens is 429 g/mol. The van der Waals surface area contributed by atoms with Crippen molar-refractivity contribution < 1.29 is 22.7 Å². The van der Waals surface area contributed by atoms with Crippen molar-refractivity contribution in [1.29, 1.82) is 0 Å². The predicted octanol–water partition coefficient (Wildman–Crippen LogP) is 3.61. The Morgan fingerprint density at radius 3 is 2.65 bits per heavy atom. The number of amides is 1. The summed E-state index contributed by atoms with van der Waals surface area (Å²) in [5.74, 6) is 0.253. The molecular formula is C21H27F3N4O2S. The Balaban J connectivity index is 1.49. The van der Waals surface area contributed by atoms with Gasteiger partial charge in [-0.1, -0.05) is 6.92 Å². The topological polar surface area (TPSA) is 57.7 Å². The minimum Gasteiger partial charge on any atom is -0.378 e. The molecule has 1 N–H and O–H groups in total. The van der Waals surface area contributed by atoms with Gasteiger partial charge in [-0.05, 0) is 24.8 Å². The van der Waals surface area contributed by atoms with Crippen molar-refractivity contribution in [2.75, 3.05) is 51.3 Å². The fourth-order valence-electron chi connectivity index (χ4n) is 3.85. The van der Waals surface area contributed by atoms with Crippen LogP contribution in [0.2, 0.25) is 0 Å². The van der Waals surface area contributed by atoms with Crippen molar-refractivity contribution in [3.8, 4) is 0 Å². The Morgan fingerprint density at radius 2 is 2.03 bits per heavy atom. The summed E-state index contributed by atoms with van der Waals surface area (Å²) in [5, 5.41) is 3.92. The van der Waals surface area contributed by atoms with Gasteiger partial charge in [-0.3, -0.25) is 9.69 Å². The van der Waals surface area contributed by atoms with E-state index >= 15 is 0 Å². The third-order valence-electron chi connectivity index (χ3n) is 5.69. The minimum atomic E-state index is -4.51. The molecule has 1 unspecified atom stereocenters. The van der Waals surface area contributed by atoms with Crippen molar-refractivity contribution in [1.82, 2.24) is 15.2 Å². The summed E-state index contributed by atoms with van der Waals surface area (Å²) in [5.41, 5.74) is -0.443. The number of piperazine rings is 1. The molecule has 0 radical (unpaired) electrons. The van der Waals surface area contributed by atoms with Crippen LogP contribution in [0, 0.1) is 5.92 Å². The number of anilines is 1. The van der Waals surface area contributed by atoms with Gasteiger partial charge in [0.15, 0.2) is 0 Å². The molecule has 0 bridgehead atoms. The van der Waals surface area contributed by atoms with Gasteiger partial charge in [0.25, 0.3) is 5.91 Å². The smallest absolute Gasteiger partial charge is 0.378 e. The van der Waals surface area contributed by atoms with Gasteiger partial charge >= 0.3 is 6.18 Å². The zero-order valence-electron chi connectivity index (χ0n) is 17.7. The first-order valence-electron chi connectivity index (χ1n) is 10.6. The summed E-state index contributed by atoms with van der Waals surface area (Å²) in [7, 11) is 1.45. The molecule has 2 aliphatic rings. The maximum atomic E-state index is 13.7. The Morgan fingerprint density at radius 1 is 1.32 bits per heavy atom. The molecule has 1 amide bonds. The predicted molar refractivity (Wildman–Crippen MR) is 115 cm³/mol. The summed E-state index contributed by atoms with van der Waals surface area (Å²) in [4.78, 5) is 20.8. The van der Waals surface area contributed by atoms with Crippen LogP contribution in [0.4, 0.5) is 19.0 Å². The number of thiophene rings is 1. The van der Waals surface area contributed by atoms with E-state index in [4.69, 9.17) is 4.74 Å². The van der Waals surface area contributed by atoms with E-state index in [9.17, 15) is 18.0 Å². The molecule has 6 nitrogen and oxygen atoms in total. The first-order valence-corrected chi connectivity index (χ1v) is 11.4. The van der Waals surface area contributed by atoms with Crippen LogP contribution in [0.25, 0.3) is 10.2 Å². The lowest BCUT2D eigenvalue weighted by atomic mass is 10.1. The van der Waals surface area contributed by atoms with Crippen molar-refractivity contribution >= 4 is 33.3 Å². The minimum absolute atomic E-state index is 0.00188. The maximum Gasteiger partial charge on any atom is 0.417 e. The molecule has 0 aromatic carbocycles. The average molecular weight is 457 g/mol. The Bertz CT molecular complexity index is 937. The molecule has 0 spiro atoms. The maximum absolute atomic E-state index is 13.7. The highest BCUT2D eigenvalue weighted by Gasteiger charge is 2.36. The molecule has 4 rings (SSSR count). The zero-order valence-corrected chi connectivity index (χ0v) is 18.5. The lowest BCUT2D eigenvalue weighted by Gasteiger charge is -2.36. The van der Waals surface area contributed by atoms with Gasteiger partial charge in [0, 0.05) is 45.2 Å². The quantitative estimate of drug-likeness (QED) is 0.690. The first-order chi connectivity index (χ1) is 14.8. The second-order valence-corrected chi connectivity index (χ2v) is 9.24. The number of ether oxygens (including phenoxy) is 1. The van der Waals surface area contributed by atoms with E-state index in [2.05, 4.69) is 22.1 Å². The van der Waals surface area contributed by atoms with Crippen molar-refractivity contribution in [3.63, 3.8) is 0 Å². The fourth-order valence-corrected chi connectivity index (χ4v) is 4.87. The largest absolute Gasteiger partial charge is 0.417 e. The van der Waals surface area contributed by atoms with Crippen LogP contribution in [0.5, 0.6) is 0 Å². The van der Waals surface area contributed by atoms with E-state index < -0.39 is 17.6 Å². The van der Waals surface area contributed by atoms with E-state index in [1.165, 1.54) is 12.4 Å². The number of halogens is 3. The van der Waals surface area contributed by atoms with Crippen LogP contribution in [0.15, 0.2) is 11.4 Å². The molecule has 1 saturated carbocycles. The summed E-state index contributed by atoms with van der Waals surface area (Å²) >= 11 is 0.903. The zero-order chi connectivity index (χ0) is 22.2. The number of hydrogen-bond acceptors (Lipinski definition) is 6. The van der Waals surface area contributed by atoms with Crippen LogP contribution in [-0.4, -0.2) is 68.3 Å². The van der Waals surface area contributed by atoms with Crippen LogP contribution < -0.4 is 10.2 Å². The summed E-state index contributed by atoms with van der Waals surface area (Å²) in [6, 6.07) is 1.12. The number of fused-ring (bicyclic) bond motifs is 1. The molecule has 2 aromatic heterocycles. The van der Waals surface area contributed by atoms with Crippen LogP contribution in [0.3, 0.4) is 0 Å². The summed E-state index contributed by atoms with van der Waals surface area (Å²) < 4.78 is 47.0. The average Bonchev–Trinajstić information content (AvgIpc) is 3.48. The lowest BCUT2D eigenvalue weighted by Crippen LogP contribution is -2.48. The third kappa shape index (κ3) is 5.12. The Labute approximate surface area is 183 Å². The fraction of sp³-hybridized carbons (Fsp3) is 0.619. The molecule has 1 atom stereocenters. The number of alkyl halides is 3. The summed E-state index contributed by atoms with van der Waals surface area (Å²) in [6.45, 7) is 6.50. The second kappa shape index (κ2) is 8.91. The molecule has 170 valence electrons. The molecule has 2 fully saturated rings. The number of nitrogens with one attached hydrogen (secondary N) is 1. The number of rotatable bonds is 7. The van der Waals surface area contributed by atoms with Crippen molar-refractivity contribution in [3.05, 3.63) is 22.6 Å². The SMILES string of the molecule is CNC(=O)c1csc2c(C(F)(F)F)cc(N3CCN(CC(C)COC4CC4)CC3)nc12. The van der Waals surface area contributed by atoms with Crippen LogP contribution in [0.1, 0.15) is 35.7 Å². The van der Waals surface area contributed by atoms with E-state index in [0.29, 0.717) is 25.1 Å². The van der Waals surface area contributed by atoms with Crippen molar-refractivity contribution in [2.24, 2.45) is 5.92 Å². The number of carbonyl (C=O) groups is 1. The Hall–Kier alpha value is -1.91. The number of pyridine rings is 1. The summed E-state index contributed by atoms with van der Waals surface area (Å²) in [6.07, 6.45) is -1.75. The molecule has 31 heavy (non-hydrogen) atoms. The van der Waals surface area contributed by atoms with E-state index in [1.54, 1.807) is 0 Å². The number of nitrogens with zero attached hydrogens (tertiary/aromatic N) is 3. The first kappa shape index (κ1) is 22.3. The third-order valence-corrected chi connectivity index (χ3v) is 6.70.